The molecule has 1 atom stereocenters. The van der Waals surface area contributed by atoms with E-state index in [0.717, 1.165) is 5.75 Å². The number of carbonyl (C=O) groups is 1. The van der Waals surface area contributed by atoms with E-state index in [0.29, 0.717) is 23.4 Å². The highest BCUT2D eigenvalue weighted by Crippen LogP contribution is 2.21. The molecule has 0 bridgehead atoms. The smallest absolute Gasteiger partial charge is 0.237 e. The zero-order valence-corrected chi connectivity index (χ0v) is 11.0. The first kappa shape index (κ1) is 13.2. The Morgan fingerprint density at radius 3 is 2.69 bits per heavy atom. The number of aromatic nitrogens is 2. The van der Waals surface area contributed by atoms with Crippen LogP contribution in [0.3, 0.4) is 0 Å². The summed E-state index contributed by atoms with van der Waals surface area (Å²) < 4.78 is 5.12. The molecule has 0 saturated carbocycles. The van der Waals surface area contributed by atoms with Crippen molar-refractivity contribution < 1.29 is 9.32 Å². The lowest BCUT2D eigenvalue weighted by atomic mass is 10.0. The van der Waals surface area contributed by atoms with Crippen molar-refractivity contribution >= 4 is 17.5 Å². The van der Waals surface area contributed by atoms with Gasteiger partial charge in [0, 0.05) is 0 Å². The van der Waals surface area contributed by atoms with Crippen LogP contribution in [0.5, 0.6) is 0 Å². The molecule has 5 heteroatoms. The summed E-state index contributed by atoms with van der Waals surface area (Å²) in [6.45, 7) is 7.74. The summed E-state index contributed by atoms with van der Waals surface area (Å²) in [6, 6.07) is 0. The molecule has 4 nitrogen and oxygen atoms in total. The first-order chi connectivity index (χ1) is 7.54. The normalized spacial score (nSPS) is 13.1. The molecular formula is C11H18N2O2S. The quantitative estimate of drug-likeness (QED) is 0.767. The number of carbonyl (C=O) groups excluding carboxylic acids is 1. The van der Waals surface area contributed by atoms with E-state index in [1.165, 1.54) is 0 Å². The van der Waals surface area contributed by atoms with E-state index in [1.54, 1.807) is 18.7 Å². The van der Waals surface area contributed by atoms with Gasteiger partial charge in [0.25, 0.3) is 0 Å². The van der Waals surface area contributed by atoms with Crippen LogP contribution in [0.2, 0.25) is 0 Å². The van der Waals surface area contributed by atoms with E-state index in [-0.39, 0.29) is 11.7 Å². The molecule has 0 aromatic carbocycles. The van der Waals surface area contributed by atoms with Crippen molar-refractivity contribution in [1.82, 2.24) is 10.1 Å². The van der Waals surface area contributed by atoms with Gasteiger partial charge in [-0.05, 0) is 18.6 Å². The molecular weight excluding hydrogens is 224 g/mol. The van der Waals surface area contributed by atoms with Crippen LogP contribution in [0.1, 0.15) is 51.7 Å². The van der Waals surface area contributed by atoms with Crippen LogP contribution < -0.4 is 0 Å². The molecule has 0 aliphatic heterocycles. The number of thioether (sulfide) groups is 1. The van der Waals surface area contributed by atoms with Gasteiger partial charge in [-0.3, -0.25) is 4.79 Å². The number of rotatable bonds is 6. The Morgan fingerprint density at radius 2 is 2.19 bits per heavy atom. The topological polar surface area (TPSA) is 56.0 Å². The van der Waals surface area contributed by atoms with Crippen molar-refractivity contribution in [3.63, 3.8) is 0 Å². The predicted octanol–water partition coefficient (Wildman–Crippen LogP) is 2.79. The fraction of sp³-hybridized carbons (Fsp3) is 0.727. The van der Waals surface area contributed by atoms with Crippen molar-refractivity contribution in [2.45, 2.75) is 51.0 Å². The van der Waals surface area contributed by atoms with Crippen LogP contribution in [0.4, 0.5) is 0 Å². The Hall–Kier alpha value is -0.840. The average molecular weight is 242 g/mol. The Balaban J connectivity index is 2.66. The molecule has 0 amide bonds. The van der Waals surface area contributed by atoms with Crippen LogP contribution in [-0.4, -0.2) is 21.2 Å². The molecule has 0 aliphatic rings. The van der Waals surface area contributed by atoms with Crippen LogP contribution in [0.15, 0.2) is 4.52 Å². The highest BCUT2D eigenvalue weighted by molar-refractivity contribution is 7.99. The van der Waals surface area contributed by atoms with Gasteiger partial charge in [0.05, 0.1) is 11.7 Å². The second-order valence-corrected chi connectivity index (χ2v) is 5.54. The number of nitrogens with zero attached hydrogens (tertiary/aromatic N) is 2. The lowest BCUT2D eigenvalue weighted by Gasteiger charge is -2.03. The van der Waals surface area contributed by atoms with Gasteiger partial charge in [0.1, 0.15) is 5.78 Å². The molecule has 1 aromatic heterocycles. The molecule has 1 unspecified atom stereocenters. The molecule has 0 N–H and O–H groups in total. The summed E-state index contributed by atoms with van der Waals surface area (Å²) in [6.07, 6.45) is 0.703. The standard InChI is InChI=1S/C11H18N2O2S/c1-5-9(8(4)14)11-12-10(13-15-11)6-16-7(2)3/h7,9H,5-6H2,1-4H3. The third-order valence-electron chi connectivity index (χ3n) is 2.23. The number of ketones is 1. The van der Waals surface area contributed by atoms with E-state index in [9.17, 15) is 4.79 Å². The second-order valence-electron chi connectivity index (χ2n) is 3.98. The molecule has 1 rings (SSSR count). The van der Waals surface area contributed by atoms with Crippen molar-refractivity contribution in [3.8, 4) is 0 Å². The van der Waals surface area contributed by atoms with Gasteiger partial charge in [0.2, 0.25) is 5.89 Å². The minimum atomic E-state index is -0.245. The monoisotopic (exact) mass is 242 g/mol. The summed E-state index contributed by atoms with van der Waals surface area (Å²) in [4.78, 5) is 15.6. The second kappa shape index (κ2) is 6.03. The van der Waals surface area contributed by atoms with Crippen molar-refractivity contribution in [3.05, 3.63) is 11.7 Å². The van der Waals surface area contributed by atoms with Crippen molar-refractivity contribution in [2.75, 3.05) is 0 Å². The van der Waals surface area contributed by atoms with Gasteiger partial charge in [0.15, 0.2) is 5.82 Å². The van der Waals surface area contributed by atoms with E-state index < -0.39 is 0 Å². The Bertz CT molecular complexity index is 350. The fourth-order valence-corrected chi connectivity index (χ4v) is 1.94. The van der Waals surface area contributed by atoms with Crippen LogP contribution in [-0.2, 0) is 10.5 Å². The van der Waals surface area contributed by atoms with Gasteiger partial charge < -0.3 is 4.52 Å². The minimum absolute atomic E-state index is 0.0780. The maximum Gasteiger partial charge on any atom is 0.237 e. The lowest BCUT2D eigenvalue weighted by Crippen LogP contribution is -2.08. The van der Waals surface area contributed by atoms with Gasteiger partial charge in [-0.15, -0.1) is 0 Å². The van der Waals surface area contributed by atoms with Crippen molar-refractivity contribution in [1.29, 1.82) is 0 Å². The van der Waals surface area contributed by atoms with E-state index in [4.69, 9.17) is 4.52 Å². The summed E-state index contributed by atoms with van der Waals surface area (Å²) in [5, 5.41) is 4.42. The van der Waals surface area contributed by atoms with Gasteiger partial charge in [-0.25, -0.2) is 0 Å². The number of hydrogen-bond donors (Lipinski definition) is 0. The Kier molecular flexibility index (Phi) is 4.99. The van der Waals surface area contributed by atoms with E-state index in [1.807, 2.05) is 6.92 Å². The largest absolute Gasteiger partial charge is 0.339 e. The molecule has 0 radical (unpaired) electrons. The van der Waals surface area contributed by atoms with Gasteiger partial charge >= 0.3 is 0 Å². The summed E-state index contributed by atoms with van der Waals surface area (Å²) in [5.74, 6) is 1.69. The lowest BCUT2D eigenvalue weighted by molar-refractivity contribution is -0.119. The summed E-state index contributed by atoms with van der Waals surface area (Å²) in [7, 11) is 0. The highest BCUT2D eigenvalue weighted by atomic mass is 32.2. The predicted molar refractivity (Wildman–Crippen MR) is 64.4 cm³/mol. The average Bonchev–Trinajstić information content (AvgIpc) is 2.64. The Morgan fingerprint density at radius 1 is 1.50 bits per heavy atom. The fourth-order valence-electron chi connectivity index (χ4n) is 1.34. The van der Waals surface area contributed by atoms with Gasteiger partial charge in [-0.2, -0.15) is 16.7 Å². The molecule has 0 aliphatic carbocycles. The molecule has 0 fully saturated rings. The minimum Gasteiger partial charge on any atom is -0.339 e. The maximum atomic E-state index is 11.3. The number of Topliss-reactive ketones (excluding diaryl/α,β-unsaturated/α-hetero) is 1. The SMILES string of the molecule is CCC(C(C)=O)c1nc(CSC(C)C)no1. The third-order valence-corrected chi connectivity index (χ3v) is 3.32. The molecule has 0 saturated heterocycles. The van der Waals surface area contributed by atoms with Crippen molar-refractivity contribution in [2.24, 2.45) is 0 Å². The molecule has 0 spiro atoms. The van der Waals surface area contributed by atoms with E-state index in [2.05, 4.69) is 24.0 Å². The summed E-state index contributed by atoms with van der Waals surface area (Å²) >= 11 is 1.76. The molecule has 1 aromatic rings. The van der Waals surface area contributed by atoms with Crippen LogP contribution in [0, 0.1) is 0 Å². The van der Waals surface area contributed by atoms with Gasteiger partial charge in [-0.1, -0.05) is 25.9 Å². The zero-order chi connectivity index (χ0) is 12.1. The van der Waals surface area contributed by atoms with Crippen LogP contribution in [0.25, 0.3) is 0 Å². The van der Waals surface area contributed by atoms with Crippen LogP contribution >= 0.6 is 11.8 Å². The third kappa shape index (κ3) is 3.63. The maximum absolute atomic E-state index is 11.3. The Labute approximate surface area is 100 Å². The molecule has 90 valence electrons. The number of hydrogen-bond acceptors (Lipinski definition) is 5. The first-order valence-electron chi connectivity index (χ1n) is 5.49. The highest BCUT2D eigenvalue weighted by Gasteiger charge is 2.21. The summed E-state index contributed by atoms with van der Waals surface area (Å²) in [5.41, 5.74) is 0. The molecule has 1 heterocycles. The zero-order valence-electron chi connectivity index (χ0n) is 10.2. The molecule has 16 heavy (non-hydrogen) atoms. The van der Waals surface area contributed by atoms with E-state index >= 15 is 0 Å². The first-order valence-corrected chi connectivity index (χ1v) is 6.54.